The second-order valence-corrected chi connectivity index (χ2v) is 5.10. The Bertz CT molecular complexity index is 925. The molecule has 1 unspecified atom stereocenters. The van der Waals surface area contributed by atoms with Crippen LogP contribution in [-0.4, -0.2) is 14.5 Å². The van der Waals surface area contributed by atoms with Gasteiger partial charge in [0, 0.05) is 23.3 Å². The SMILES string of the molecule is C#CC(CC)n1c(=O)ccc2cnc(Nc3ccccc3)nc21. The molecule has 5 heteroatoms. The van der Waals surface area contributed by atoms with Gasteiger partial charge in [-0.25, -0.2) is 4.98 Å². The highest BCUT2D eigenvalue weighted by molar-refractivity contribution is 5.76. The van der Waals surface area contributed by atoms with E-state index in [1.54, 1.807) is 16.8 Å². The van der Waals surface area contributed by atoms with Crippen LogP contribution in [0.15, 0.2) is 53.5 Å². The smallest absolute Gasteiger partial charge is 0.253 e. The quantitative estimate of drug-likeness (QED) is 0.752. The van der Waals surface area contributed by atoms with Crippen molar-refractivity contribution in [3.05, 3.63) is 59.0 Å². The molecule has 2 heterocycles. The van der Waals surface area contributed by atoms with Crippen LogP contribution in [0.3, 0.4) is 0 Å². The molecule has 1 aromatic carbocycles. The summed E-state index contributed by atoms with van der Waals surface area (Å²) in [5.41, 5.74) is 1.25. The molecule has 0 aliphatic carbocycles. The van der Waals surface area contributed by atoms with E-state index in [2.05, 4.69) is 21.2 Å². The molecule has 0 saturated heterocycles. The van der Waals surface area contributed by atoms with Crippen molar-refractivity contribution in [1.82, 2.24) is 14.5 Å². The van der Waals surface area contributed by atoms with Gasteiger partial charge in [-0.1, -0.05) is 31.0 Å². The topological polar surface area (TPSA) is 59.8 Å². The molecule has 114 valence electrons. The molecule has 3 rings (SSSR count). The molecule has 3 aromatic rings. The number of nitrogens with zero attached hydrogens (tertiary/aromatic N) is 3. The van der Waals surface area contributed by atoms with Gasteiger partial charge in [0.15, 0.2) is 0 Å². The second-order valence-electron chi connectivity index (χ2n) is 5.10. The van der Waals surface area contributed by atoms with Gasteiger partial charge in [-0.3, -0.25) is 9.36 Å². The van der Waals surface area contributed by atoms with Crippen molar-refractivity contribution in [2.24, 2.45) is 0 Å². The normalized spacial score (nSPS) is 11.8. The summed E-state index contributed by atoms with van der Waals surface area (Å²) in [5, 5.41) is 3.90. The van der Waals surface area contributed by atoms with Gasteiger partial charge in [0.25, 0.3) is 5.56 Å². The minimum atomic E-state index is -0.328. The van der Waals surface area contributed by atoms with Crippen molar-refractivity contribution in [3.63, 3.8) is 0 Å². The highest BCUT2D eigenvalue weighted by Crippen LogP contribution is 2.18. The van der Waals surface area contributed by atoms with Crippen molar-refractivity contribution in [2.45, 2.75) is 19.4 Å². The number of pyridine rings is 1. The summed E-state index contributed by atoms with van der Waals surface area (Å²) in [7, 11) is 0. The Morgan fingerprint density at radius 3 is 2.74 bits per heavy atom. The van der Waals surface area contributed by atoms with Gasteiger partial charge in [-0.15, -0.1) is 6.42 Å². The Labute approximate surface area is 134 Å². The lowest BCUT2D eigenvalue weighted by Crippen LogP contribution is -2.24. The van der Waals surface area contributed by atoms with E-state index in [1.807, 2.05) is 37.3 Å². The highest BCUT2D eigenvalue weighted by atomic mass is 16.1. The molecule has 0 bridgehead atoms. The molecule has 23 heavy (non-hydrogen) atoms. The lowest BCUT2D eigenvalue weighted by atomic mass is 10.2. The Kier molecular flexibility index (Phi) is 4.07. The van der Waals surface area contributed by atoms with Gasteiger partial charge in [0.1, 0.15) is 5.65 Å². The fraction of sp³-hybridized carbons (Fsp3) is 0.167. The first-order valence-electron chi connectivity index (χ1n) is 7.39. The maximum atomic E-state index is 12.2. The first-order valence-corrected chi connectivity index (χ1v) is 7.39. The fourth-order valence-electron chi connectivity index (χ4n) is 2.43. The molecule has 1 atom stereocenters. The molecule has 2 aromatic heterocycles. The largest absolute Gasteiger partial charge is 0.324 e. The lowest BCUT2D eigenvalue weighted by Gasteiger charge is -2.15. The summed E-state index contributed by atoms with van der Waals surface area (Å²) in [5.74, 6) is 3.08. The zero-order valence-electron chi connectivity index (χ0n) is 12.7. The Morgan fingerprint density at radius 2 is 2.04 bits per heavy atom. The van der Waals surface area contributed by atoms with Crippen molar-refractivity contribution in [3.8, 4) is 12.3 Å². The van der Waals surface area contributed by atoms with Crippen molar-refractivity contribution >= 4 is 22.7 Å². The van der Waals surface area contributed by atoms with Crippen LogP contribution in [0.4, 0.5) is 11.6 Å². The van der Waals surface area contributed by atoms with E-state index in [-0.39, 0.29) is 11.6 Å². The number of hydrogen-bond donors (Lipinski definition) is 1. The minimum absolute atomic E-state index is 0.160. The predicted molar refractivity (Wildman–Crippen MR) is 91.7 cm³/mol. The number of nitrogens with one attached hydrogen (secondary N) is 1. The molecule has 0 spiro atoms. The summed E-state index contributed by atoms with van der Waals surface area (Å²) < 4.78 is 1.55. The zero-order chi connectivity index (χ0) is 16.2. The Morgan fingerprint density at radius 1 is 1.26 bits per heavy atom. The summed E-state index contributed by atoms with van der Waals surface area (Å²) in [4.78, 5) is 21.0. The minimum Gasteiger partial charge on any atom is -0.324 e. The maximum Gasteiger partial charge on any atom is 0.253 e. The first-order chi connectivity index (χ1) is 11.2. The molecular weight excluding hydrogens is 288 g/mol. The summed E-state index contributed by atoms with van der Waals surface area (Å²) >= 11 is 0. The third-order valence-corrected chi connectivity index (χ3v) is 3.59. The van der Waals surface area contributed by atoms with E-state index in [0.29, 0.717) is 18.0 Å². The highest BCUT2D eigenvalue weighted by Gasteiger charge is 2.13. The van der Waals surface area contributed by atoms with Crippen LogP contribution in [0.1, 0.15) is 19.4 Å². The van der Waals surface area contributed by atoms with E-state index in [0.717, 1.165) is 11.1 Å². The molecule has 0 radical (unpaired) electrons. The zero-order valence-corrected chi connectivity index (χ0v) is 12.7. The van der Waals surface area contributed by atoms with Crippen molar-refractivity contribution in [1.29, 1.82) is 0 Å². The third-order valence-electron chi connectivity index (χ3n) is 3.59. The number of rotatable bonds is 4. The van der Waals surface area contributed by atoms with E-state index in [1.165, 1.54) is 6.07 Å². The lowest BCUT2D eigenvalue weighted by molar-refractivity contribution is 0.599. The fourth-order valence-corrected chi connectivity index (χ4v) is 2.43. The second kappa shape index (κ2) is 6.32. The van der Waals surface area contributed by atoms with Gasteiger partial charge in [0.2, 0.25) is 5.95 Å². The van der Waals surface area contributed by atoms with Crippen LogP contribution in [0.25, 0.3) is 11.0 Å². The number of terminal acetylenes is 1. The maximum absolute atomic E-state index is 12.2. The predicted octanol–water partition coefficient (Wildman–Crippen LogP) is 3.12. The van der Waals surface area contributed by atoms with Gasteiger partial charge < -0.3 is 5.32 Å². The standard InChI is InChI=1S/C18H16N4O/c1-3-15(4-2)22-16(23)11-10-13-12-19-18(21-17(13)22)20-14-8-6-5-7-9-14/h1,5-12,15H,4H2,2H3,(H,19,20,21). The number of para-hydroxylation sites is 1. The molecular formula is C18H16N4O. The van der Waals surface area contributed by atoms with Gasteiger partial charge >= 0.3 is 0 Å². The van der Waals surface area contributed by atoms with E-state index in [4.69, 9.17) is 6.42 Å². The third kappa shape index (κ3) is 2.92. The number of aromatic nitrogens is 3. The van der Waals surface area contributed by atoms with Crippen molar-refractivity contribution in [2.75, 3.05) is 5.32 Å². The van der Waals surface area contributed by atoms with Crippen LogP contribution in [0, 0.1) is 12.3 Å². The van der Waals surface area contributed by atoms with Crippen molar-refractivity contribution < 1.29 is 0 Å². The van der Waals surface area contributed by atoms with Crippen LogP contribution >= 0.6 is 0 Å². The number of anilines is 2. The van der Waals surface area contributed by atoms with Gasteiger partial charge in [-0.2, -0.15) is 4.98 Å². The van der Waals surface area contributed by atoms with Gasteiger partial charge in [-0.05, 0) is 24.6 Å². The molecule has 0 amide bonds. The monoisotopic (exact) mass is 304 g/mol. The average molecular weight is 304 g/mol. The Hall–Kier alpha value is -3.13. The molecule has 5 nitrogen and oxygen atoms in total. The van der Waals surface area contributed by atoms with E-state index in [9.17, 15) is 4.79 Å². The number of fused-ring (bicyclic) bond motifs is 1. The van der Waals surface area contributed by atoms with Crippen LogP contribution in [-0.2, 0) is 0 Å². The van der Waals surface area contributed by atoms with E-state index >= 15 is 0 Å². The molecule has 1 N–H and O–H groups in total. The first kappa shape index (κ1) is 14.8. The number of benzene rings is 1. The Balaban J connectivity index is 2.12. The molecule has 0 fully saturated rings. The van der Waals surface area contributed by atoms with Gasteiger partial charge in [0.05, 0.1) is 6.04 Å². The molecule has 0 saturated carbocycles. The van der Waals surface area contributed by atoms with Crippen LogP contribution < -0.4 is 10.9 Å². The summed E-state index contributed by atoms with van der Waals surface area (Å²) in [6.07, 6.45) is 7.91. The summed E-state index contributed by atoms with van der Waals surface area (Å²) in [6.45, 7) is 1.94. The molecule has 0 aliphatic heterocycles. The van der Waals surface area contributed by atoms with Crippen LogP contribution in [0.2, 0.25) is 0 Å². The summed E-state index contributed by atoms with van der Waals surface area (Å²) in [6, 6.07) is 12.5. The van der Waals surface area contributed by atoms with Crippen LogP contribution in [0.5, 0.6) is 0 Å². The van der Waals surface area contributed by atoms with E-state index < -0.39 is 0 Å². The number of hydrogen-bond acceptors (Lipinski definition) is 4. The average Bonchev–Trinajstić information content (AvgIpc) is 2.58. The molecule has 0 aliphatic rings.